The van der Waals surface area contributed by atoms with Crippen LogP contribution in [-0.4, -0.2) is 42.6 Å². The fourth-order valence-corrected chi connectivity index (χ4v) is 4.64. The normalized spacial score (nSPS) is 22.0. The van der Waals surface area contributed by atoms with Gasteiger partial charge in [-0.1, -0.05) is 24.3 Å². The zero-order valence-electron chi connectivity index (χ0n) is 16.2. The molecule has 0 bridgehead atoms. The Bertz CT molecular complexity index is 1170. The first-order valence-corrected chi connectivity index (χ1v) is 10.1. The average Bonchev–Trinajstić information content (AvgIpc) is 3.41. The SMILES string of the molecule is COC(=O)[C@H]1Cc2c([nH]c3ccccc23)[C@@](C(=O)CCl)(c2ccc3c(c2)OCO3)N1. The van der Waals surface area contributed by atoms with Crippen molar-refractivity contribution >= 4 is 34.3 Å². The number of rotatable bonds is 4. The molecule has 0 unspecified atom stereocenters. The van der Waals surface area contributed by atoms with E-state index in [0.29, 0.717) is 29.2 Å². The van der Waals surface area contributed by atoms with Crippen molar-refractivity contribution in [3.8, 4) is 11.5 Å². The van der Waals surface area contributed by atoms with Crippen molar-refractivity contribution in [3.63, 3.8) is 0 Å². The van der Waals surface area contributed by atoms with Crippen LogP contribution < -0.4 is 14.8 Å². The first-order chi connectivity index (χ1) is 14.6. The minimum Gasteiger partial charge on any atom is -0.468 e. The molecule has 2 aliphatic heterocycles. The Morgan fingerprint density at radius 2 is 2.00 bits per heavy atom. The third-order valence-electron chi connectivity index (χ3n) is 5.82. The monoisotopic (exact) mass is 426 g/mol. The molecule has 0 saturated carbocycles. The van der Waals surface area contributed by atoms with Gasteiger partial charge in [-0.25, -0.2) is 0 Å². The van der Waals surface area contributed by atoms with Crippen LogP contribution in [0, 0.1) is 0 Å². The number of aromatic nitrogens is 1. The van der Waals surface area contributed by atoms with Gasteiger partial charge in [0.25, 0.3) is 0 Å². The first kappa shape index (κ1) is 19.0. The van der Waals surface area contributed by atoms with E-state index in [1.165, 1.54) is 7.11 Å². The second-order valence-corrected chi connectivity index (χ2v) is 7.59. The summed E-state index contributed by atoms with van der Waals surface area (Å²) in [4.78, 5) is 29.4. The average molecular weight is 427 g/mol. The number of nitrogens with one attached hydrogen (secondary N) is 2. The highest BCUT2D eigenvalue weighted by Gasteiger charge is 2.50. The lowest BCUT2D eigenvalue weighted by atomic mass is 9.76. The number of ketones is 1. The van der Waals surface area contributed by atoms with Gasteiger partial charge in [-0.05, 0) is 29.3 Å². The Hall–Kier alpha value is -3.03. The third-order valence-corrected chi connectivity index (χ3v) is 6.06. The van der Waals surface area contributed by atoms with Crippen molar-refractivity contribution < 1.29 is 23.8 Å². The molecule has 0 saturated heterocycles. The van der Waals surface area contributed by atoms with E-state index in [0.717, 1.165) is 16.5 Å². The van der Waals surface area contributed by atoms with E-state index in [4.69, 9.17) is 25.8 Å². The second kappa shape index (κ2) is 7.04. The molecule has 0 amide bonds. The molecule has 30 heavy (non-hydrogen) atoms. The van der Waals surface area contributed by atoms with Gasteiger partial charge >= 0.3 is 5.97 Å². The molecule has 0 spiro atoms. The molecule has 154 valence electrons. The number of ether oxygens (including phenoxy) is 3. The number of halogens is 1. The van der Waals surface area contributed by atoms with Crippen LogP contribution in [0.5, 0.6) is 11.5 Å². The minimum absolute atomic E-state index is 0.116. The maximum atomic E-state index is 13.4. The maximum absolute atomic E-state index is 13.4. The van der Waals surface area contributed by atoms with Crippen LogP contribution in [0.2, 0.25) is 0 Å². The van der Waals surface area contributed by atoms with Crippen molar-refractivity contribution in [3.05, 3.63) is 59.3 Å². The summed E-state index contributed by atoms with van der Waals surface area (Å²) in [7, 11) is 1.33. The topological polar surface area (TPSA) is 89.7 Å². The number of carbonyl (C=O) groups excluding carboxylic acids is 2. The smallest absolute Gasteiger partial charge is 0.323 e. The molecular weight excluding hydrogens is 408 g/mol. The third kappa shape index (κ3) is 2.62. The summed E-state index contributed by atoms with van der Waals surface area (Å²) < 4.78 is 16.0. The second-order valence-electron chi connectivity index (χ2n) is 7.32. The number of H-pyrrole nitrogens is 1. The molecule has 2 atom stereocenters. The van der Waals surface area contributed by atoms with Gasteiger partial charge in [-0.2, -0.15) is 0 Å². The zero-order chi connectivity index (χ0) is 20.9. The summed E-state index contributed by atoms with van der Waals surface area (Å²) in [5.41, 5.74) is 1.68. The van der Waals surface area contributed by atoms with Crippen LogP contribution in [0.1, 0.15) is 16.8 Å². The number of benzene rings is 2. The summed E-state index contributed by atoms with van der Waals surface area (Å²) in [6.07, 6.45) is 0.383. The number of hydrogen-bond donors (Lipinski definition) is 2. The summed E-state index contributed by atoms with van der Waals surface area (Å²) in [6, 6.07) is 12.3. The number of carbonyl (C=O) groups is 2. The highest BCUT2D eigenvalue weighted by molar-refractivity contribution is 6.29. The van der Waals surface area contributed by atoms with Gasteiger partial charge in [0.2, 0.25) is 6.79 Å². The van der Waals surface area contributed by atoms with E-state index in [2.05, 4.69) is 10.3 Å². The Morgan fingerprint density at radius 1 is 1.20 bits per heavy atom. The number of Topliss-reactive ketones (excluding diaryl/α,β-unsaturated/α-hetero) is 1. The van der Waals surface area contributed by atoms with E-state index in [9.17, 15) is 9.59 Å². The standard InChI is InChI=1S/C22H19ClN2O5/c1-28-21(27)16-9-14-13-4-2-3-5-15(13)24-20(14)22(25-16,19(26)10-23)12-6-7-17-18(8-12)30-11-29-17/h2-8,16,24-25H,9-11H2,1H3/t16-,22+/m1/s1. The molecular formula is C22H19ClN2O5. The Morgan fingerprint density at radius 3 is 2.80 bits per heavy atom. The van der Waals surface area contributed by atoms with E-state index < -0.39 is 17.6 Å². The Balaban J connectivity index is 1.81. The van der Waals surface area contributed by atoms with Crippen molar-refractivity contribution in [1.82, 2.24) is 10.3 Å². The van der Waals surface area contributed by atoms with Crippen molar-refractivity contribution in [2.24, 2.45) is 0 Å². The predicted molar refractivity (Wildman–Crippen MR) is 110 cm³/mol. The quantitative estimate of drug-likeness (QED) is 0.492. The minimum atomic E-state index is -1.37. The van der Waals surface area contributed by atoms with Crippen LogP contribution >= 0.6 is 11.6 Å². The number of esters is 1. The lowest BCUT2D eigenvalue weighted by molar-refractivity contribution is -0.144. The zero-order valence-corrected chi connectivity index (χ0v) is 16.9. The van der Waals surface area contributed by atoms with Crippen molar-refractivity contribution in [1.29, 1.82) is 0 Å². The summed E-state index contributed by atoms with van der Waals surface area (Å²) >= 11 is 6.09. The van der Waals surface area contributed by atoms with Crippen LogP contribution in [0.4, 0.5) is 0 Å². The fraction of sp³-hybridized carbons (Fsp3) is 0.273. The van der Waals surface area contributed by atoms with Crippen molar-refractivity contribution in [2.75, 3.05) is 19.8 Å². The van der Waals surface area contributed by atoms with Gasteiger partial charge in [0.1, 0.15) is 11.6 Å². The number of para-hydroxylation sites is 1. The van der Waals surface area contributed by atoms with Gasteiger partial charge in [0.05, 0.1) is 18.7 Å². The predicted octanol–water partition coefficient (Wildman–Crippen LogP) is 2.64. The summed E-state index contributed by atoms with van der Waals surface area (Å²) in [5.74, 6) is 0.158. The van der Waals surface area contributed by atoms with Crippen molar-refractivity contribution in [2.45, 2.75) is 18.0 Å². The van der Waals surface area contributed by atoms with E-state index in [-0.39, 0.29) is 18.5 Å². The van der Waals surface area contributed by atoms with Gasteiger partial charge < -0.3 is 19.2 Å². The number of alkyl halides is 1. The number of hydrogen-bond acceptors (Lipinski definition) is 6. The largest absolute Gasteiger partial charge is 0.468 e. The van der Waals surface area contributed by atoms with Crippen LogP contribution in [0.3, 0.4) is 0 Å². The maximum Gasteiger partial charge on any atom is 0.323 e. The number of aromatic amines is 1. The van der Waals surface area contributed by atoms with Crippen LogP contribution in [0.15, 0.2) is 42.5 Å². The molecule has 3 heterocycles. The first-order valence-electron chi connectivity index (χ1n) is 9.53. The lowest BCUT2D eigenvalue weighted by Gasteiger charge is -2.40. The fourth-order valence-electron chi connectivity index (χ4n) is 4.44. The Labute approximate surface area is 177 Å². The molecule has 8 heteroatoms. The van der Waals surface area contributed by atoms with Crippen LogP contribution in [-0.2, 0) is 26.3 Å². The summed E-state index contributed by atoms with van der Waals surface area (Å²) in [5, 5.41) is 4.21. The van der Waals surface area contributed by atoms with E-state index >= 15 is 0 Å². The molecule has 3 aromatic rings. The lowest BCUT2D eigenvalue weighted by Crippen LogP contribution is -2.61. The molecule has 0 radical (unpaired) electrons. The Kier molecular flexibility index (Phi) is 4.45. The molecule has 2 aromatic carbocycles. The number of methoxy groups -OCH3 is 1. The molecule has 0 aliphatic carbocycles. The summed E-state index contributed by atoms with van der Waals surface area (Å²) in [6.45, 7) is 0.116. The molecule has 2 N–H and O–H groups in total. The molecule has 1 aromatic heterocycles. The van der Waals surface area contributed by atoms with Gasteiger partial charge in [0, 0.05) is 17.3 Å². The van der Waals surface area contributed by atoms with E-state index in [1.54, 1.807) is 18.2 Å². The van der Waals surface area contributed by atoms with E-state index in [1.807, 2.05) is 24.3 Å². The molecule has 0 fully saturated rings. The highest BCUT2D eigenvalue weighted by Crippen LogP contribution is 2.44. The van der Waals surface area contributed by atoms with Crippen LogP contribution in [0.25, 0.3) is 10.9 Å². The highest BCUT2D eigenvalue weighted by atomic mass is 35.5. The molecule has 7 nitrogen and oxygen atoms in total. The van der Waals surface area contributed by atoms with Gasteiger partial charge in [-0.15, -0.1) is 11.6 Å². The molecule has 5 rings (SSSR count). The van der Waals surface area contributed by atoms with Gasteiger partial charge in [-0.3, -0.25) is 14.9 Å². The number of fused-ring (bicyclic) bond motifs is 4. The molecule has 2 aliphatic rings. The van der Waals surface area contributed by atoms with Gasteiger partial charge in [0.15, 0.2) is 17.3 Å².